The van der Waals surface area contributed by atoms with Gasteiger partial charge < -0.3 is 0 Å². The van der Waals surface area contributed by atoms with Crippen LogP contribution in [-0.4, -0.2) is 0 Å². The average Bonchev–Trinajstić information content (AvgIpc) is 3.79. The first kappa shape index (κ1) is 37.3. The maximum Gasteiger partial charge on any atom is -0.00237 e. The van der Waals surface area contributed by atoms with E-state index in [1.54, 1.807) is 0 Å². The molecule has 2 aliphatic carbocycles. The molecule has 12 aromatic rings. The van der Waals surface area contributed by atoms with Gasteiger partial charge in [-0.15, -0.1) is 0 Å². The van der Waals surface area contributed by atoms with Crippen LogP contribution < -0.4 is 0 Å². The van der Waals surface area contributed by atoms with Gasteiger partial charge in [-0.2, -0.15) is 0 Å². The van der Waals surface area contributed by atoms with Crippen molar-refractivity contribution in [1.29, 1.82) is 0 Å². The van der Waals surface area contributed by atoms with E-state index in [0.29, 0.717) is 0 Å². The van der Waals surface area contributed by atoms with Gasteiger partial charge in [-0.25, -0.2) is 0 Å². The van der Waals surface area contributed by atoms with Crippen molar-refractivity contribution in [2.75, 3.05) is 0 Å². The van der Waals surface area contributed by atoms with Crippen LogP contribution in [0.3, 0.4) is 0 Å². The first-order chi connectivity index (χ1) is 31.0. The lowest BCUT2D eigenvalue weighted by Gasteiger charge is -2.15. The Kier molecular flexibility index (Phi) is 7.65. The van der Waals surface area contributed by atoms with Gasteiger partial charge in [0.25, 0.3) is 0 Å². The van der Waals surface area contributed by atoms with Crippen molar-refractivity contribution >= 4 is 86.2 Å². The monoisotopic (exact) mass is 816 g/mol. The van der Waals surface area contributed by atoms with Crippen molar-refractivity contribution in [1.82, 2.24) is 0 Å². The highest BCUT2D eigenvalue weighted by molar-refractivity contribution is 6.25. The molecule has 2 aliphatic rings. The Hall–Kier alpha value is -7.28. The highest BCUT2D eigenvalue weighted by atomic mass is 14.3. The summed E-state index contributed by atoms with van der Waals surface area (Å²) in [6, 6.07) is 55.9. The molecule has 0 nitrogen and oxygen atoms in total. The lowest BCUT2D eigenvalue weighted by Crippen LogP contribution is -1.89. The SMILES string of the molecule is Cc1ccc2c(c1)c(C)cc1c3cc4c(cc3c(C)cc21)-c1ccc(C)c2cccc-4c12.Cc1ccc2c(c1)c(C)cc1c3cc4c(cc3c(C)cc21)-c1cccc2c(C)ccc-4c12. The van der Waals surface area contributed by atoms with E-state index in [1.165, 1.54) is 175 Å². The standard InChI is InChI=1S/2C32H24/c1-17-8-10-22-25(12-17)19(3)14-28-27(22)13-20(4)26-15-29-24-11-9-18(2)21-6-5-7-23(32(21)24)30(29)16-31(26)28;1-17-8-10-22-25(12-17)19(3)14-28-27(22)13-20(4)26-15-29-23-7-5-6-21-18(2)9-11-24(32(21)23)30(29)16-31(26)28/h2*5-16H,1-4H3. The molecule has 0 aliphatic heterocycles. The number of aryl methyl sites for hydroxylation is 8. The van der Waals surface area contributed by atoms with Gasteiger partial charge in [0.2, 0.25) is 0 Å². The normalized spacial score (nSPS) is 12.4. The molecule has 64 heavy (non-hydrogen) atoms. The van der Waals surface area contributed by atoms with E-state index in [9.17, 15) is 0 Å². The predicted molar refractivity (Wildman–Crippen MR) is 280 cm³/mol. The van der Waals surface area contributed by atoms with Gasteiger partial charge in [0.15, 0.2) is 0 Å². The molecule has 0 heterocycles. The molecule has 0 atom stereocenters. The molecule has 0 unspecified atom stereocenters. The number of fused-ring (bicyclic) bond motifs is 16. The molecule has 0 radical (unpaired) electrons. The minimum absolute atomic E-state index is 1.32. The van der Waals surface area contributed by atoms with Crippen LogP contribution in [0.1, 0.15) is 44.5 Å². The van der Waals surface area contributed by atoms with Crippen LogP contribution in [0.5, 0.6) is 0 Å². The van der Waals surface area contributed by atoms with E-state index in [1.807, 2.05) is 0 Å². The summed E-state index contributed by atoms with van der Waals surface area (Å²) in [5, 5.41) is 21.9. The zero-order valence-electron chi connectivity index (χ0n) is 37.9. The van der Waals surface area contributed by atoms with E-state index in [-0.39, 0.29) is 0 Å². The summed E-state index contributed by atoms with van der Waals surface area (Å²) in [6.07, 6.45) is 0. The number of rotatable bonds is 0. The third kappa shape index (κ3) is 5.06. The zero-order chi connectivity index (χ0) is 43.4. The van der Waals surface area contributed by atoms with E-state index in [4.69, 9.17) is 0 Å². The van der Waals surface area contributed by atoms with Gasteiger partial charge in [0.05, 0.1) is 0 Å². The third-order valence-electron chi connectivity index (χ3n) is 15.2. The topological polar surface area (TPSA) is 0 Å². The van der Waals surface area contributed by atoms with Crippen LogP contribution in [0, 0.1) is 55.4 Å². The molecule has 0 aromatic heterocycles. The highest BCUT2D eigenvalue weighted by Gasteiger charge is 2.25. The fourth-order valence-electron chi connectivity index (χ4n) is 12.0. The van der Waals surface area contributed by atoms with Gasteiger partial charge in [0, 0.05) is 0 Å². The van der Waals surface area contributed by atoms with Crippen LogP contribution in [-0.2, 0) is 0 Å². The molecule has 304 valence electrons. The smallest absolute Gasteiger partial charge is 0.00237 e. The van der Waals surface area contributed by atoms with Gasteiger partial charge in [-0.3, -0.25) is 0 Å². The minimum atomic E-state index is 1.32. The molecule has 0 fully saturated rings. The van der Waals surface area contributed by atoms with E-state index in [2.05, 4.69) is 201 Å². The quantitative estimate of drug-likeness (QED) is 0.134. The van der Waals surface area contributed by atoms with Crippen molar-refractivity contribution in [2.24, 2.45) is 0 Å². The summed E-state index contributed by atoms with van der Waals surface area (Å²) in [6.45, 7) is 17.8. The maximum atomic E-state index is 2.46. The number of hydrogen-bond acceptors (Lipinski definition) is 0. The van der Waals surface area contributed by atoms with E-state index >= 15 is 0 Å². The number of hydrogen-bond donors (Lipinski definition) is 0. The molecular weight excluding hydrogens is 769 g/mol. The Morgan fingerprint density at radius 3 is 0.891 bits per heavy atom. The summed E-state index contributed by atoms with van der Waals surface area (Å²) < 4.78 is 0. The van der Waals surface area contributed by atoms with Crippen molar-refractivity contribution in [3.8, 4) is 44.5 Å². The second-order valence-electron chi connectivity index (χ2n) is 19.3. The summed E-state index contributed by atoms with van der Waals surface area (Å²) in [5.41, 5.74) is 21.7. The molecule has 0 heteroatoms. The molecular formula is C64H48. The highest BCUT2D eigenvalue weighted by Crippen LogP contribution is 2.52. The first-order valence-corrected chi connectivity index (χ1v) is 22.9. The molecule has 14 rings (SSSR count). The Bertz CT molecular complexity index is 3920. The summed E-state index contributed by atoms with van der Waals surface area (Å²) in [4.78, 5) is 0. The summed E-state index contributed by atoms with van der Waals surface area (Å²) in [5.74, 6) is 0. The van der Waals surface area contributed by atoms with Crippen molar-refractivity contribution in [2.45, 2.75) is 55.4 Å². The fourth-order valence-corrected chi connectivity index (χ4v) is 12.0. The average molecular weight is 817 g/mol. The van der Waals surface area contributed by atoms with E-state index in [0.717, 1.165) is 0 Å². The van der Waals surface area contributed by atoms with Crippen LogP contribution >= 0.6 is 0 Å². The van der Waals surface area contributed by atoms with Crippen LogP contribution in [0.25, 0.3) is 131 Å². The molecule has 0 amide bonds. The van der Waals surface area contributed by atoms with E-state index < -0.39 is 0 Å². The molecule has 0 saturated heterocycles. The Morgan fingerprint density at radius 1 is 0.188 bits per heavy atom. The van der Waals surface area contributed by atoms with Crippen LogP contribution in [0.4, 0.5) is 0 Å². The van der Waals surface area contributed by atoms with Crippen LogP contribution in [0.15, 0.2) is 146 Å². The van der Waals surface area contributed by atoms with Crippen molar-refractivity contribution in [3.05, 3.63) is 190 Å². The second-order valence-corrected chi connectivity index (χ2v) is 19.3. The lowest BCUT2D eigenvalue weighted by atomic mass is 9.89. The molecule has 0 N–H and O–H groups in total. The largest absolute Gasteiger partial charge is 0.0610 e. The minimum Gasteiger partial charge on any atom is -0.0610 e. The Labute approximate surface area is 374 Å². The molecule has 12 aromatic carbocycles. The van der Waals surface area contributed by atoms with Gasteiger partial charge in [-0.1, -0.05) is 132 Å². The second kappa shape index (κ2) is 13.1. The summed E-state index contributed by atoms with van der Waals surface area (Å²) in [7, 11) is 0. The van der Waals surface area contributed by atoms with Gasteiger partial charge in [0.1, 0.15) is 0 Å². The van der Waals surface area contributed by atoms with Crippen LogP contribution in [0.2, 0.25) is 0 Å². The Morgan fingerprint density at radius 2 is 0.500 bits per heavy atom. The zero-order valence-corrected chi connectivity index (χ0v) is 37.9. The predicted octanol–water partition coefficient (Wildman–Crippen LogP) is 18.4. The molecule has 0 spiro atoms. The van der Waals surface area contributed by atoms with Crippen molar-refractivity contribution < 1.29 is 0 Å². The lowest BCUT2D eigenvalue weighted by molar-refractivity contribution is 1.48. The fraction of sp³-hybridized carbons (Fsp3) is 0.125. The molecule has 0 bridgehead atoms. The van der Waals surface area contributed by atoms with Gasteiger partial charge >= 0.3 is 0 Å². The van der Waals surface area contributed by atoms with Crippen molar-refractivity contribution in [3.63, 3.8) is 0 Å². The maximum absolute atomic E-state index is 2.46. The Balaban J connectivity index is 0.000000129. The number of benzene rings is 12. The summed E-state index contributed by atoms with van der Waals surface area (Å²) >= 11 is 0. The van der Waals surface area contributed by atoms with Gasteiger partial charge in [-0.05, 0) is 244 Å². The first-order valence-electron chi connectivity index (χ1n) is 22.9. The molecule has 0 saturated carbocycles. The third-order valence-corrected chi connectivity index (χ3v) is 15.2.